The highest BCUT2D eigenvalue weighted by atomic mass is 32.1. The largest absolute Gasteiger partial charge is 0.496 e. The molecule has 0 N–H and O–H groups in total. The van der Waals surface area contributed by atoms with Crippen LogP contribution in [0.2, 0.25) is 0 Å². The second-order valence-electron chi connectivity index (χ2n) is 4.38. The lowest BCUT2D eigenvalue weighted by Crippen LogP contribution is -2.21. The first-order chi connectivity index (χ1) is 7.88. The number of anilines is 1. The number of amides is 1. The molecule has 1 aromatic carbocycles. The van der Waals surface area contributed by atoms with Crippen LogP contribution < -0.4 is 9.64 Å². The highest BCUT2D eigenvalue weighted by molar-refractivity contribution is 7.96. The number of nitrogens with zero attached hydrogens (tertiary/aromatic N) is 1. The molecule has 3 nitrogen and oxygen atoms in total. The Bertz CT molecular complexity index is 430. The zero-order valence-electron chi connectivity index (χ0n) is 10.9. The van der Waals surface area contributed by atoms with Crippen LogP contribution in [0, 0.1) is 6.92 Å². The number of benzene rings is 1. The van der Waals surface area contributed by atoms with Crippen molar-refractivity contribution in [3.05, 3.63) is 23.3 Å². The monoisotopic (exact) mass is 253 g/mol. The third-order valence-electron chi connectivity index (χ3n) is 2.82. The summed E-state index contributed by atoms with van der Waals surface area (Å²) < 4.78 is 5.36. The fraction of sp³-hybridized carbons (Fsp3) is 0.462. The van der Waals surface area contributed by atoms with Gasteiger partial charge in [-0.25, -0.2) is 0 Å². The minimum atomic E-state index is -0.270. The summed E-state index contributed by atoms with van der Waals surface area (Å²) >= 11 is 3.84. The minimum absolute atomic E-state index is 0.270. The number of ether oxygens (including phenoxy) is 1. The Morgan fingerprint density at radius 2 is 2.00 bits per heavy atom. The third kappa shape index (κ3) is 2.94. The molecule has 0 heterocycles. The van der Waals surface area contributed by atoms with Crippen LogP contribution >= 0.6 is 12.6 Å². The van der Waals surface area contributed by atoms with Gasteiger partial charge in [0.05, 0.1) is 7.11 Å². The van der Waals surface area contributed by atoms with Crippen LogP contribution in [-0.2, 0) is 0 Å². The molecule has 17 heavy (non-hydrogen) atoms. The molecule has 0 atom stereocenters. The second kappa shape index (κ2) is 5.45. The Labute approximate surface area is 108 Å². The molecular formula is C13H19NO2S. The van der Waals surface area contributed by atoms with Gasteiger partial charge in [0, 0.05) is 12.7 Å². The molecule has 1 rings (SSSR count). The Morgan fingerprint density at radius 3 is 2.41 bits per heavy atom. The standard InChI is InChI=1S/C13H19NO2S/c1-8(2)10-7-11(14(4)13(15)17)9(3)6-12(10)16-5/h6-8H,1-5H3,(H,15,17). The molecule has 0 saturated heterocycles. The van der Waals surface area contributed by atoms with Crippen molar-refractivity contribution in [2.45, 2.75) is 26.7 Å². The number of methoxy groups -OCH3 is 1. The Hall–Kier alpha value is -1.16. The normalized spacial score (nSPS) is 10.5. The first-order valence-electron chi connectivity index (χ1n) is 5.53. The molecular weight excluding hydrogens is 234 g/mol. The van der Waals surface area contributed by atoms with Gasteiger partial charge in [-0.15, -0.1) is 0 Å². The van der Waals surface area contributed by atoms with Gasteiger partial charge in [0.15, 0.2) is 0 Å². The summed E-state index contributed by atoms with van der Waals surface area (Å²) in [5.41, 5.74) is 2.96. The number of rotatable bonds is 3. The van der Waals surface area contributed by atoms with E-state index in [1.165, 1.54) is 4.90 Å². The van der Waals surface area contributed by atoms with Gasteiger partial charge in [0.25, 0.3) is 5.24 Å². The van der Waals surface area contributed by atoms with Crippen molar-refractivity contribution in [3.8, 4) is 5.75 Å². The van der Waals surface area contributed by atoms with E-state index in [-0.39, 0.29) is 5.24 Å². The molecule has 1 amide bonds. The summed E-state index contributed by atoms with van der Waals surface area (Å²) in [6.07, 6.45) is 0. The van der Waals surface area contributed by atoms with E-state index in [0.29, 0.717) is 5.92 Å². The zero-order valence-corrected chi connectivity index (χ0v) is 11.8. The van der Waals surface area contributed by atoms with Gasteiger partial charge in [-0.2, -0.15) is 0 Å². The Balaban J connectivity index is 3.34. The first kappa shape index (κ1) is 13.9. The van der Waals surface area contributed by atoms with Crippen molar-refractivity contribution >= 4 is 23.6 Å². The predicted octanol–water partition coefficient (Wildman–Crippen LogP) is 3.61. The van der Waals surface area contributed by atoms with Gasteiger partial charge >= 0.3 is 0 Å². The van der Waals surface area contributed by atoms with Crippen LogP contribution in [0.4, 0.5) is 10.5 Å². The Morgan fingerprint density at radius 1 is 1.41 bits per heavy atom. The predicted molar refractivity (Wildman–Crippen MR) is 74.6 cm³/mol. The molecule has 0 aliphatic carbocycles. The van der Waals surface area contributed by atoms with Crippen LogP contribution in [0.15, 0.2) is 12.1 Å². The molecule has 0 radical (unpaired) electrons. The van der Waals surface area contributed by atoms with Crippen LogP contribution in [-0.4, -0.2) is 19.4 Å². The quantitative estimate of drug-likeness (QED) is 0.834. The second-order valence-corrected chi connectivity index (χ2v) is 4.76. The maximum atomic E-state index is 11.3. The molecule has 0 fully saturated rings. The van der Waals surface area contributed by atoms with E-state index in [1.807, 2.05) is 19.1 Å². The van der Waals surface area contributed by atoms with E-state index >= 15 is 0 Å². The van der Waals surface area contributed by atoms with Crippen molar-refractivity contribution in [2.24, 2.45) is 0 Å². The van der Waals surface area contributed by atoms with Crippen molar-refractivity contribution in [1.82, 2.24) is 0 Å². The van der Waals surface area contributed by atoms with E-state index in [0.717, 1.165) is 22.6 Å². The number of hydrogen-bond acceptors (Lipinski definition) is 2. The van der Waals surface area contributed by atoms with E-state index in [2.05, 4.69) is 26.5 Å². The number of hydrogen-bond donors (Lipinski definition) is 1. The average molecular weight is 253 g/mol. The summed E-state index contributed by atoms with van der Waals surface area (Å²) in [5, 5.41) is -0.270. The highest BCUT2D eigenvalue weighted by Crippen LogP contribution is 2.33. The topological polar surface area (TPSA) is 29.5 Å². The minimum Gasteiger partial charge on any atom is -0.496 e. The molecule has 0 aliphatic rings. The fourth-order valence-electron chi connectivity index (χ4n) is 1.78. The van der Waals surface area contributed by atoms with Crippen LogP contribution in [0.5, 0.6) is 5.75 Å². The van der Waals surface area contributed by atoms with Crippen LogP contribution in [0.3, 0.4) is 0 Å². The van der Waals surface area contributed by atoms with Crippen LogP contribution in [0.25, 0.3) is 0 Å². The van der Waals surface area contributed by atoms with E-state index in [9.17, 15) is 4.79 Å². The lowest BCUT2D eigenvalue weighted by Gasteiger charge is -2.21. The highest BCUT2D eigenvalue weighted by Gasteiger charge is 2.15. The lowest BCUT2D eigenvalue weighted by atomic mass is 9.99. The summed E-state index contributed by atoms with van der Waals surface area (Å²) in [5.74, 6) is 1.20. The third-order valence-corrected chi connectivity index (χ3v) is 3.12. The van der Waals surface area contributed by atoms with Gasteiger partial charge in [0.1, 0.15) is 5.75 Å². The number of aryl methyl sites for hydroxylation is 1. The van der Waals surface area contributed by atoms with Gasteiger partial charge in [0.2, 0.25) is 0 Å². The molecule has 0 spiro atoms. The average Bonchev–Trinajstić information content (AvgIpc) is 2.27. The maximum Gasteiger partial charge on any atom is 0.282 e. The van der Waals surface area contributed by atoms with Crippen molar-refractivity contribution in [1.29, 1.82) is 0 Å². The molecule has 4 heteroatoms. The molecule has 0 bridgehead atoms. The Kier molecular flexibility index (Phi) is 4.46. The summed E-state index contributed by atoms with van der Waals surface area (Å²) in [7, 11) is 3.38. The van der Waals surface area contributed by atoms with Gasteiger partial charge in [-0.1, -0.05) is 26.5 Å². The number of thiol groups is 1. The molecule has 0 aliphatic heterocycles. The van der Waals surface area contributed by atoms with Crippen molar-refractivity contribution < 1.29 is 9.53 Å². The van der Waals surface area contributed by atoms with Crippen molar-refractivity contribution in [3.63, 3.8) is 0 Å². The van der Waals surface area contributed by atoms with Crippen molar-refractivity contribution in [2.75, 3.05) is 19.1 Å². The summed E-state index contributed by atoms with van der Waals surface area (Å²) in [6, 6.07) is 3.95. The molecule has 0 unspecified atom stereocenters. The summed E-state index contributed by atoms with van der Waals surface area (Å²) in [6.45, 7) is 6.15. The molecule has 1 aromatic rings. The van der Waals surface area contributed by atoms with Gasteiger partial charge in [-0.05, 0) is 36.1 Å². The van der Waals surface area contributed by atoms with Crippen LogP contribution in [0.1, 0.15) is 30.9 Å². The van der Waals surface area contributed by atoms with Gasteiger partial charge < -0.3 is 9.64 Å². The van der Waals surface area contributed by atoms with Gasteiger partial charge in [-0.3, -0.25) is 4.79 Å². The fourth-order valence-corrected chi connectivity index (χ4v) is 1.89. The SMILES string of the molecule is COc1cc(C)c(N(C)C(=O)S)cc1C(C)C. The van der Waals surface area contributed by atoms with E-state index < -0.39 is 0 Å². The van der Waals surface area contributed by atoms with E-state index in [4.69, 9.17) is 4.74 Å². The maximum absolute atomic E-state index is 11.3. The molecule has 94 valence electrons. The molecule has 0 saturated carbocycles. The van der Waals surface area contributed by atoms with E-state index in [1.54, 1.807) is 14.2 Å². The summed E-state index contributed by atoms with van der Waals surface area (Å²) in [4.78, 5) is 12.8. The molecule has 0 aromatic heterocycles. The zero-order chi connectivity index (χ0) is 13.2. The number of carbonyl (C=O) groups is 1. The number of carbonyl (C=O) groups excluding carboxylic acids is 1. The first-order valence-corrected chi connectivity index (χ1v) is 5.98. The lowest BCUT2D eigenvalue weighted by molar-refractivity contribution is 0.266. The smallest absolute Gasteiger partial charge is 0.282 e.